The molecule has 0 bridgehead atoms. The molecule has 1 aromatic rings. The van der Waals surface area contributed by atoms with Crippen LogP contribution in [0.3, 0.4) is 0 Å². The average Bonchev–Trinajstić information content (AvgIpc) is 2.89. The maximum atomic E-state index is 10.9. The summed E-state index contributed by atoms with van der Waals surface area (Å²) < 4.78 is 5.56. The molecule has 1 saturated carbocycles. The molecule has 0 atom stereocenters. The zero-order valence-electron chi connectivity index (χ0n) is 10.2. The summed E-state index contributed by atoms with van der Waals surface area (Å²) in [5.41, 5.74) is 0.453. The Morgan fingerprint density at radius 1 is 1.39 bits per heavy atom. The lowest BCUT2D eigenvalue weighted by atomic mass is 10.1. The monoisotopic (exact) mass is 251 g/mol. The highest BCUT2D eigenvalue weighted by molar-refractivity contribution is 5.48. The molecule has 18 heavy (non-hydrogen) atoms. The molecule has 0 aliphatic heterocycles. The normalized spacial score (nSPS) is 15.8. The van der Waals surface area contributed by atoms with Crippen molar-refractivity contribution >= 4 is 5.69 Å². The van der Waals surface area contributed by atoms with E-state index in [1.54, 1.807) is 12.1 Å². The number of benzene rings is 1. The predicted octanol–water partition coefficient (Wildman–Crippen LogP) is 2.66. The van der Waals surface area contributed by atoms with Crippen molar-refractivity contribution in [2.45, 2.75) is 32.3 Å². The number of aliphatic hydroxyl groups is 1. The lowest BCUT2D eigenvalue weighted by Crippen LogP contribution is -2.09. The van der Waals surface area contributed by atoms with E-state index < -0.39 is 4.92 Å². The summed E-state index contributed by atoms with van der Waals surface area (Å²) in [7, 11) is 0. The molecule has 5 nitrogen and oxygen atoms in total. The molecular weight excluding hydrogens is 234 g/mol. The Kier molecular flexibility index (Phi) is 4.15. The quantitative estimate of drug-likeness (QED) is 0.645. The van der Waals surface area contributed by atoms with Crippen molar-refractivity contribution in [1.29, 1.82) is 0 Å². The maximum absolute atomic E-state index is 10.9. The number of hydrogen-bond acceptors (Lipinski definition) is 4. The fourth-order valence-electron chi connectivity index (χ4n) is 2.31. The molecule has 1 aliphatic carbocycles. The molecule has 1 aliphatic rings. The van der Waals surface area contributed by atoms with Crippen molar-refractivity contribution < 1.29 is 14.8 Å². The third-order valence-electron chi connectivity index (χ3n) is 3.35. The van der Waals surface area contributed by atoms with Crippen molar-refractivity contribution in [2.75, 3.05) is 6.61 Å². The molecule has 98 valence electrons. The van der Waals surface area contributed by atoms with Crippen molar-refractivity contribution in [3.63, 3.8) is 0 Å². The van der Waals surface area contributed by atoms with Crippen LogP contribution in [0, 0.1) is 16.0 Å². The van der Waals surface area contributed by atoms with Crippen LogP contribution in [0.2, 0.25) is 0 Å². The van der Waals surface area contributed by atoms with Crippen LogP contribution in [0.15, 0.2) is 18.2 Å². The van der Waals surface area contributed by atoms with Gasteiger partial charge in [-0.2, -0.15) is 0 Å². The Bertz CT molecular complexity index is 427. The van der Waals surface area contributed by atoms with Gasteiger partial charge < -0.3 is 9.84 Å². The Labute approximate surface area is 106 Å². The fourth-order valence-corrected chi connectivity index (χ4v) is 2.31. The molecule has 0 amide bonds. The fraction of sp³-hybridized carbons (Fsp3) is 0.538. The van der Waals surface area contributed by atoms with Gasteiger partial charge >= 0.3 is 5.69 Å². The van der Waals surface area contributed by atoms with E-state index in [9.17, 15) is 10.1 Å². The Balaban J connectivity index is 2.08. The topological polar surface area (TPSA) is 72.6 Å². The summed E-state index contributed by atoms with van der Waals surface area (Å²) in [5, 5.41) is 19.9. The van der Waals surface area contributed by atoms with Gasteiger partial charge in [-0.05, 0) is 30.4 Å². The first-order valence-electron chi connectivity index (χ1n) is 6.21. The van der Waals surface area contributed by atoms with E-state index in [1.807, 2.05) is 0 Å². The summed E-state index contributed by atoms with van der Waals surface area (Å²) in [5.74, 6) is 0.811. The van der Waals surface area contributed by atoms with Crippen molar-refractivity contribution in [3.05, 3.63) is 33.9 Å². The third kappa shape index (κ3) is 2.98. The van der Waals surface area contributed by atoms with E-state index in [4.69, 9.17) is 9.84 Å². The van der Waals surface area contributed by atoms with Gasteiger partial charge in [0.25, 0.3) is 0 Å². The van der Waals surface area contributed by atoms with Crippen LogP contribution >= 0.6 is 0 Å². The first-order chi connectivity index (χ1) is 8.70. The van der Waals surface area contributed by atoms with Gasteiger partial charge in [-0.25, -0.2) is 0 Å². The number of aliphatic hydroxyl groups excluding tert-OH is 1. The molecule has 2 rings (SSSR count). The molecule has 0 radical (unpaired) electrons. The summed E-state index contributed by atoms with van der Waals surface area (Å²) >= 11 is 0. The molecule has 1 N–H and O–H groups in total. The Hall–Kier alpha value is -1.62. The molecule has 5 heteroatoms. The van der Waals surface area contributed by atoms with Gasteiger partial charge in [0.05, 0.1) is 18.1 Å². The third-order valence-corrected chi connectivity index (χ3v) is 3.35. The van der Waals surface area contributed by atoms with E-state index >= 15 is 0 Å². The first kappa shape index (κ1) is 12.8. The number of ether oxygens (including phenoxy) is 1. The standard InChI is InChI=1S/C13H17NO4/c15-8-11-5-6-13(12(7-11)14(16)17)18-9-10-3-1-2-4-10/h5-7,10,15H,1-4,8-9H2. The second kappa shape index (κ2) is 5.82. The van der Waals surface area contributed by atoms with Crippen molar-refractivity contribution in [1.82, 2.24) is 0 Å². The maximum Gasteiger partial charge on any atom is 0.311 e. The minimum absolute atomic E-state index is 0.0699. The van der Waals surface area contributed by atoms with Gasteiger partial charge in [0.15, 0.2) is 5.75 Å². The van der Waals surface area contributed by atoms with Crippen LogP contribution in [0.1, 0.15) is 31.2 Å². The number of nitro groups is 1. The van der Waals surface area contributed by atoms with Crippen LogP contribution in [-0.2, 0) is 6.61 Å². The summed E-state index contributed by atoms with van der Waals surface area (Å²) in [6.07, 6.45) is 4.73. The lowest BCUT2D eigenvalue weighted by Gasteiger charge is -2.11. The molecular formula is C13H17NO4. The second-order valence-corrected chi connectivity index (χ2v) is 4.68. The molecule has 0 saturated heterocycles. The molecule has 0 spiro atoms. The minimum atomic E-state index is -0.469. The average molecular weight is 251 g/mol. The van der Waals surface area contributed by atoms with E-state index in [0.29, 0.717) is 23.8 Å². The van der Waals surface area contributed by atoms with Gasteiger partial charge in [0.2, 0.25) is 0 Å². The molecule has 1 aromatic carbocycles. The van der Waals surface area contributed by atoms with Crippen LogP contribution < -0.4 is 4.74 Å². The molecule has 1 fully saturated rings. The summed E-state index contributed by atoms with van der Waals surface area (Å²) in [6, 6.07) is 4.58. The largest absolute Gasteiger partial charge is 0.487 e. The Morgan fingerprint density at radius 3 is 2.72 bits per heavy atom. The predicted molar refractivity (Wildman–Crippen MR) is 66.5 cm³/mol. The minimum Gasteiger partial charge on any atom is -0.487 e. The highest BCUT2D eigenvalue weighted by atomic mass is 16.6. The van der Waals surface area contributed by atoms with E-state index in [1.165, 1.54) is 18.9 Å². The highest BCUT2D eigenvalue weighted by Gasteiger charge is 2.19. The molecule has 0 unspecified atom stereocenters. The van der Waals surface area contributed by atoms with Crippen LogP contribution in [-0.4, -0.2) is 16.6 Å². The van der Waals surface area contributed by atoms with Gasteiger partial charge in [-0.1, -0.05) is 18.9 Å². The number of rotatable bonds is 5. The van der Waals surface area contributed by atoms with Crippen LogP contribution in [0.4, 0.5) is 5.69 Å². The zero-order valence-corrected chi connectivity index (χ0v) is 10.2. The molecule has 0 aromatic heterocycles. The molecule has 0 heterocycles. The van der Waals surface area contributed by atoms with Crippen LogP contribution in [0.5, 0.6) is 5.75 Å². The second-order valence-electron chi connectivity index (χ2n) is 4.68. The van der Waals surface area contributed by atoms with Gasteiger partial charge in [-0.15, -0.1) is 0 Å². The van der Waals surface area contributed by atoms with Crippen molar-refractivity contribution in [3.8, 4) is 5.75 Å². The van der Waals surface area contributed by atoms with E-state index in [0.717, 1.165) is 12.8 Å². The van der Waals surface area contributed by atoms with Gasteiger partial charge in [0, 0.05) is 6.07 Å². The number of hydrogen-bond donors (Lipinski definition) is 1. The lowest BCUT2D eigenvalue weighted by molar-refractivity contribution is -0.386. The van der Waals surface area contributed by atoms with Gasteiger partial charge in [-0.3, -0.25) is 10.1 Å². The Morgan fingerprint density at radius 2 is 2.11 bits per heavy atom. The van der Waals surface area contributed by atoms with E-state index in [-0.39, 0.29) is 12.3 Å². The van der Waals surface area contributed by atoms with Crippen LogP contribution in [0.25, 0.3) is 0 Å². The van der Waals surface area contributed by atoms with Gasteiger partial charge in [0.1, 0.15) is 0 Å². The highest BCUT2D eigenvalue weighted by Crippen LogP contribution is 2.30. The number of nitrogens with zero attached hydrogens (tertiary/aromatic N) is 1. The van der Waals surface area contributed by atoms with Crippen molar-refractivity contribution in [2.24, 2.45) is 5.92 Å². The summed E-state index contributed by atoms with van der Waals surface area (Å²) in [4.78, 5) is 10.5. The smallest absolute Gasteiger partial charge is 0.311 e. The first-order valence-corrected chi connectivity index (χ1v) is 6.21. The van der Waals surface area contributed by atoms with E-state index in [2.05, 4.69) is 0 Å². The zero-order chi connectivity index (χ0) is 13.0. The summed E-state index contributed by atoms with van der Waals surface area (Å²) in [6.45, 7) is 0.336. The SMILES string of the molecule is O=[N+]([O-])c1cc(CO)ccc1OCC1CCCC1. The number of nitro benzene ring substituents is 1.